The molecule has 0 aliphatic carbocycles. The lowest BCUT2D eigenvalue weighted by atomic mass is 10.0. The molecule has 1 fully saturated rings. The molecule has 0 saturated carbocycles. The van der Waals surface area contributed by atoms with Crippen LogP contribution in [0.25, 0.3) is 0 Å². The summed E-state index contributed by atoms with van der Waals surface area (Å²) in [7, 11) is 0. The third-order valence-electron chi connectivity index (χ3n) is 2.90. The van der Waals surface area contributed by atoms with Crippen molar-refractivity contribution in [1.82, 2.24) is 10.2 Å². The van der Waals surface area contributed by atoms with E-state index in [9.17, 15) is 13.2 Å². The van der Waals surface area contributed by atoms with Crippen molar-refractivity contribution >= 4 is 5.82 Å². The molecular formula is C11H14F3N3O. The quantitative estimate of drug-likeness (QED) is 0.908. The van der Waals surface area contributed by atoms with Gasteiger partial charge in [-0.1, -0.05) is 0 Å². The van der Waals surface area contributed by atoms with Gasteiger partial charge < -0.3 is 10.1 Å². The predicted octanol–water partition coefficient (Wildman–Crippen LogP) is 2.48. The van der Waals surface area contributed by atoms with Crippen LogP contribution in [0.5, 0.6) is 0 Å². The van der Waals surface area contributed by atoms with Gasteiger partial charge in [-0.15, -0.1) is 10.2 Å². The molecule has 1 unspecified atom stereocenters. The first-order valence-electron chi connectivity index (χ1n) is 5.68. The Hall–Kier alpha value is -1.37. The summed E-state index contributed by atoms with van der Waals surface area (Å²) in [5.74, 6) is 0.319. The largest absolute Gasteiger partial charge is 0.435 e. The predicted molar refractivity (Wildman–Crippen MR) is 59.1 cm³/mol. The second kappa shape index (κ2) is 4.72. The van der Waals surface area contributed by atoms with Crippen LogP contribution in [0.2, 0.25) is 0 Å². The van der Waals surface area contributed by atoms with Crippen molar-refractivity contribution < 1.29 is 17.9 Å². The average molecular weight is 261 g/mol. The number of nitrogens with one attached hydrogen (secondary N) is 1. The van der Waals surface area contributed by atoms with Crippen molar-refractivity contribution in [3.8, 4) is 0 Å². The summed E-state index contributed by atoms with van der Waals surface area (Å²) in [5, 5.41) is 9.58. The molecule has 2 heterocycles. The highest BCUT2D eigenvalue weighted by molar-refractivity contribution is 5.33. The van der Waals surface area contributed by atoms with Gasteiger partial charge in [0.15, 0.2) is 5.69 Å². The van der Waals surface area contributed by atoms with Crippen LogP contribution >= 0.6 is 0 Å². The maximum Gasteiger partial charge on any atom is 0.435 e. The molecule has 1 aliphatic heterocycles. The molecule has 1 aliphatic rings. The van der Waals surface area contributed by atoms with Crippen molar-refractivity contribution in [1.29, 1.82) is 0 Å². The Morgan fingerprint density at radius 3 is 2.67 bits per heavy atom. The normalized spacial score (nSPS) is 24.2. The van der Waals surface area contributed by atoms with Gasteiger partial charge in [0.2, 0.25) is 0 Å². The Morgan fingerprint density at radius 1 is 1.39 bits per heavy atom. The van der Waals surface area contributed by atoms with E-state index in [1.807, 2.05) is 6.92 Å². The Labute approximate surface area is 103 Å². The second-order valence-electron chi connectivity index (χ2n) is 4.56. The number of alkyl halides is 3. The van der Waals surface area contributed by atoms with Gasteiger partial charge in [-0.3, -0.25) is 0 Å². The topological polar surface area (TPSA) is 47.0 Å². The van der Waals surface area contributed by atoms with Gasteiger partial charge in [-0.2, -0.15) is 13.2 Å². The Bertz CT molecular complexity index is 399. The molecule has 0 amide bonds. The van der Waals surface area contributed by atoms with Crippen molar-refractivity contribution in [2.75, 3.05) is 18.5 Å². The number of aromatic nitrogens is 2. The van der Waals surface area contributed by atoms with Crippen molar-refractivity contribution in [3.63, 3.8) is 0 Å². The summed E-state index contributed by atoms with van der Waals surface area (Å²) < 4.78 is 42.4. The Balaban J connectivity index is 1.94. The molecule has 7 heteroatoms. The number of hydrogen-bond donors (Lipinski definition) is 1. The van der Waals surface area contributed by atoms with E-state index in [-0.39, 0.29) is 5.60 Å². The van der Waals surface area contributed by atoms with Gasteiger partial charge in [0.05, 0.1) is 5.60 Å². The molecule has 4 nitrogen and oxygen atoms in total. The van der Waals surface area contributed by atoms with E-state index < -0.39 is 11.9 Å². The summed E-state index contributed by atoms with van der Waals surface area (Å²) in [5.41, 5.74) is -1.26. The first kappa shape index (κ1) is 13.1. The number of nitrogens with zero attached hydrogens (tertiary/aromatic N) is 2. The molecule has 2 rings (SSSR count). The van der Waals surface area contributed by atoms with Crippen LogP contribution in [-0.4, -0.2) is 29.0 Å². The lowest BCUT2D eigenvalue weighted by Gasteiger charge is -2.23. The molecular weight excluding hydrogens is 247 g/mol. The highest BCUT2D eigenvalue weighted by Gasteiger charge is 2.33. The molecule has 0 bridgehead atoms. The molecule has 1 aromatic heterocycles. The zero-order valence-electron chi connectivity index (χ0n) is 9.92. The van der Waals surface area contributed by atoms with Gasteiger partial charge >= 0.3 is 6.18 Å². The minimum absolute atomic E-state index is 0.273. The van der Waals surface area contributed by atoms with Crippen LogP contribution in [0.15, 0.2) is 12.1 Å². The highest BCUT2D eigenvalue weighted by atomic mass is 19.4. The zero-order valence-corrected chi connectivity index (χ0v) is 9.92. The van der Waals surface area contributed by atoms with E-state index in [0.717, 1.165) is 25.5 Å². The van der Waals surface area contributed by atoms with E-state index in [2.05, 4.69) is 15.5 Å². The number of anilines is 1. The van der Waals surface area contributed by atoms with Crippen molar-refractivity contribution in [2.24, 2.45) is 0 Å². The second-order valence-corrected chi connectivity index (χ2v) is 4.56. The van der Waals surface area contributed by atoms with Crippen LogP contribution < -0.4 is 5.32 Å². The lowest BCUT2D eigenvalue weighted by molar-refractivity contribution is -0.141. The molecule has 0 aromatic carbocycles. The van der Waals surface area contributed by atoms with Crippen LogP contribution in [0, 0.1) is 0 Å². The fourth-order valence-electron chi connectivity index (χ4n) is 1.83. The third-order valence-corrected chi connectivity index (χ3v) is 2.90. The molecule has 0 radical (unpaired) electrons. The van der Waals surface area contributed by atoms with Crippen molar-refractivity contribution in [2.45, 2.75) is 31.5 Å². The van der Waals surface area contributed by atoms with Crippen LogP contribution in [-0.2, 0) is 10.9 Å². The molecule has 18 heavy (non-hydrogen) atoms. The average Bonchev–Trinajstić information content (AvgIpc) is 2.74. The Morgan fingerprint density at radius 2 is 2.17 bits per heavy atom. The molecule has 100 valence electrons. The van der Waals surface area contributed by atoms with Gasteiger partial charge in [0, 0.05) is 13.2 Å². The summed E-state index contributed by atoms with van der Waals surface area (Å²) in [6.07, 6.45) is -2.53. The van der Waals surface area contributed by atoms with Crippen molar-refractivity contribution in [3.05, 3.63) is 17.8 Å². The van der Waals surface area contributed by atoms with Gasteiger partial charge in [0.25, 0.3) is 0 Å². The molecule has 1 saturated heterocycles. The maximum absolute atomic E-state index is 12.3. The van der Waals surface area contributed by atoms with Crippen LogP contribution in [0.3, 0.4) is 0 Å². The number of hydrogen-bond acceptors (Lipinski definition) is 4. The zero-order chi connectivity index (χ0) is 13.2. The monoisotopic (exact) mass is 261 g/mol. The molecule has 1 atom stereocenters. The summed E-state index contributed by atoms with van der Waals surface area (Å²) in [6.45, 7) is 3.19. The molecule has 1 N–H and O–H groups in total. The summed E-state index contributed by atoms with van der Waals surface area (Å²) >= 11 is 0. The fraction of sp³-hybridized carbons (Fsp3) is 0.636. The van der Waals surface area contributed by atoms with E-state index in [4.69, 9.17) is 4.74 Å². The fourth-order valence-corrected chi connectivity index (χ4v) is 1.83. The third kappa shape index (κ3) is 3.10. The van der Waals surface area contributed by atoms with Gasteiger partial charge in [0.1, 0.15) is 5.82 Å². The summed E-state index contributed by atoms with van der Waals surface area (Å²) in [4.78, 5) is 0. The first-order valence-corrected chi connectivity index (χ1v) is 5.68. The van der Waals surface area contributed by atoms with E-state index in [1.54, 1.807) is 0 Å². The summed E-state index contributed by atoms with van der Waals surface area (Å²) in [6, 6.07) is 2.18. The first-order chi connectivity index (χ1) is 8.39. The van der Waals surface area contributed by atoms with E-state index in [1.165, 1.54) is 6.07 Å². The van der Waals surface area contributed by atoms with Gasteiger partial charge in [-0.25, -0.2) is 0 Å². The minimum atomic E-state index is -4.45. The smallest absolute Gasteiger partial charge is 0.373 e. The standard InChI is InChI=1S/C11H14F3N3O/c1-10(5-2-6-18-10)7-15-9-4-3-8(16-17-9)11(12,13)14/h3-4H,2,5-7H2,1H3,(H,15,17). The Kier molecular flexibility index (Phi) is 3.43. The SMILES string of the molecule is CC1(CNc2ccc(C(F)(F)F)nn2)CCCO1. The maximum atomic E-state index is 12.3. The van der Waals surface area contributed by atoms with E-state index in [0.29, 0.717) is 12.4 Å². The van der Waals surface area contributed by atoms with Crippen LogP contribution in [0.4, 0.5) is 19.0 Å². The molecule has 1 aromatic rings. The molecule has 0 spiro atoms. The van der Waals surface area contributed by atoms with Gasteiger partial charge in [-0.05, 0) is 31.9 Å². The number of halogens is 3. The highest BCUT2D eigenvalue weighted by Crippen LogP contribution is 2.28. The van der Waals surface area contributed by atoms with E-state index >= 15 is 0 Å². The minimum Gasteiger partial charge on any atom is -0.373 e. The lowest BCUT2D eigenvalue weighted by Crippen LogP contribution is -2.32. The number of ether oxygens (including phenoxy) is 1. The number of rotatable bonds is 3. The van der Waals surface area contributed by atoms with Crippen LogP contribution in [0.1, 0.15) is 25.5 Å².